The van der Waals surface area contributed by atoms with E-state index in [1.807, 2.05) is 18.2 Å². The van der Waals surface area contributed by atoms with Crippen LogP contribution < -0.4 is 15.9 Å². The molecule has 3 heteroatoms. The number of benzene rings is 3. The predicted molar refractivity (Wildman–Crippen MR) is 144 cm³/mol. The van der Waals surface area contributed by atoms with Crippen molar-refractivity contribution < 1.29 is 9.32 Å². The molecule has 0 bridgehead atoms. The molecule has 0 heterocycles. The Morgan fingerprint density at radius 3 is 1.45 bits per heavy atom. The van der Waals surface area contributed by atoms with Crippen molar-refractivity contribution in [3.05, 3.63) is 91.0 Å². The second-order valence-corrected chi connectivity index (χ2v) is 13.5. The summed E-state index contributed by atoms with van der Waals surface area (Å²) in [4.78, 5) is 13.6. The summed E-state index contributed by atoms with van der Waals surface area (Å²) < 4.78 is 7.00. The molecule has 3 rings (SSSR count). The molecule has 3 aromatic carbocycles. The van der Waals surface area contributed by atoms with Gasteiger partial charge in [0.1, 0.15) is 0 Å². The molecule has 33 heavy (non-hydrogen) atoms. The quantitative estimate of drug-likeness (QED) is 0.199. The van der Waals surface area contributed by atoms with Crippen molar-refractivity contribution in [1.82, 2.24) is 0 Å². The Kier molecular flexibility index (Phi) is 9.27. The minimum atomic E-state index is -3.52. The fourth-order valence-corrected chi connectivity index (χ4v) is 10.8. The normalized spacial score (nSPS) is 12.6. The van der Waals surface area contributed by atoms with E-state index < -0.39 is 6.83 Å². The molecular formula is C30H39O2P. The molecule has 0 aliphatic carbocycles. The second kappa shape index (κ2) is 12.1. The molecular weight excluding hydrogens is 423 g/mol. The predicted octanol–water partition coefficient (Wildman–Crippen LogP) is 7.14. The Morgan fingerprint density at radius 1 is 0.606 bits per heavy atom. The van der Waals surface area contributed by atoms with Crippen LogP contribution in [0, 0.1) is 0 Å². The molecule has 0 unspecified atom stereocenters. The van der Waals surface area contributed by atoms with Crippen molar-refractivity contribution >= 4 is 28.7 Å². The van der Waals surface area contributed by atoms with Crippen LogP contribution in [0.15, 0.2) is 91.0 Å². The van der Waals surface area contributed by atoms with E-state index in [-0.39, 0.29) is 5.97 Å². The monoisotopic (exact) mass is 462 g/mol. The van der Waals surface area contributed by atoms with Gasteiger partial charge in [0.05, 0.1) is 0 Å². The summed E-state index contributed by atoms with van der Waals surface area (Å²) in [7, 11) is 0. The molecule has 3 aromatic rings. The first-order chi connectivity index (χ1) is 16.2. The molecule has 176 valence electrons. The van der Waals surface area contributed by atoms with Crippen molar-refractivity contribution in [2.24, 2.45) is 0 Å². The van der Waals surface area contributed by atoms with E-state index in [9.17, 15) is 4.79 Å². The van der Waals surface area contributed by atoms with Crippen LogP contribution in [0.25, 0.3) is 0 Å². The molecule has 2 nitrogen and oxygen atoms in total. The zero-order valence-electron chi connectivity index (χ0n) is 20.3. The Bertz CT molecular complexity index is 871. The molecule has 0 saturated carbocycles. The first-order valence-corrected chi connectivity index (χ1v) is 14.9. The number of rotatable bonds is 13. The Labute approximate surface area is 200 Å². The number of unbranched alkanes of at least 4 members (excludes halogenated alkanes) is 5. The number of hydrogen-bond acceptors (Lipinski definition) is 2. The maximum absolute atomic E-state index is 13.6. The van der Waals surface area contributed by atoms with Gasteiger partial charge < -0.3 is 0 Å². The van der Waals surface area contributed by atoms with Gasteiger partial charge in [-0.15, -0.1) is 0 Å². The van der Waals surface area contributed by atoms with E-state index in [4.69, 9.17) is 4.52 Å². The topological polar surface area (TPSA) is 26.3 Å². The molecule has 0 saturated heterocycles. The minimum absolute atomic E-state index is 0.0758. The van der Waals surface area contributed by atoms with E-state index in [0.29, 0.717) is 6.42 Å². The molecule has 0 atom stereocenters. The van der Waals surface area contributed by atoms with Crippen LogP contribution in [0.2, 0.25) is 0 Å². The number of carbonyl (C=O) groups excluding carboxylic acids is 1. The molecule has 0 aromatic heterocycles. The van der Waals surface area contributed by atoms with Crippen LogP contribution in [0.3, 0.4) is 0 Å². The zero-order valence-corrected chi connectivity index (χ0v) is 21.2. The van der Waals surface area contributed by atoms with Crippen LogP contribution in [0.4, 0.5) is 0 Å². The summed E-state index contributed by atoms with van der Waals surface area (Å²) in [6, 6.07) is 31.7. The molecule has 0 fully saturated rings. The van der Waals surface area contributed by atoms with Crippen LogP contribution in [0.5, 0.6) is 0 Å². The van der Waals surface area contributed by atoms with E-state index in [1.54, 1.807) is 0 Å². The summed E-state index contributed by atoms with van der Waals surface area (Å²) in [5, 5.41) is 3.42. The molecule has 0 N–H and O–H groups in total. The maximum atomic E-state index is 13.6. The van der Waals surface area contributed by atoms with E-state index in [0.717, 1.165) is 54.2 Å². The molecule has 0 spiro atoms. The van der Waals surface area contributed by atoms with Gasteiger partial charge in [0.25, 0.3) is 0 Å². The van der Waals surface area contributed by atoms with Crippen molar-refractivity contribution in [1.29, 1.82) is 0 Å². The van der Waals surface area contributed by atoms with Gasteiger partial charge in [0.15, 0.2) is 0 Å². The summed E-state index contributed by atoms with van der Waals surface area (Å²) in [5.41, 5.74) is 0. The third-order valence-electron chi connectivity index (χ3n) is 6.63. The van der Waals surface area contributed by atoms with E-state index in [1.165, 1.54) is 12.8 Å². The van der Waals surface area contributed by atoms with E-state index >= 15 is 0 Å². The van der Waals surface area contributed by atoms with Gasteiger partial charge in [-0.25, -0.2) is 0 Å². The van der Waals surface area contributed by atoms with Crippen molar-refractivity contribution in [3.63, 3.8) is 0 Å². The summed E-state index contributed by atoms with van der Waals surface area (Å²) >= 11 is 0. The summed E-state index contributed by atoms with van der Waals surface area (Å²) in [6.07, 6.45) is 8.82. The van der Waals surface area contributed by atoms with Crippen LogP contribution >= 0.6 is 6.83 Å². The average Bonchev–Trinajstić information content (AvgIpc) is 2.88. The number of carbonyl (C=O) groups is 1. The molecule has 0 aliphatic heterocycles. The van der Waals surface area contributed by atoms with Gasteiger partial charge >= 0.3 is 200 Å². The Balaban J connectivity index is 2.29. The Hall–Kier alpha value is -2.44. The molecule has 0 aliphatic rings. The molecule has 0 radical (unpaired) electrons. The van der Waals surface area contributed by atoms with Gasteiger partial charge in [-0.3, -0.25) is 0 Å². The van der Waals surface area contributed by atoms with Crippen LogP contribution in [-0.4, -0.2) is 12.1 Å². The first-order valence-electron chi connectivity index (χ1n) is 12.6. The van der Waals surface area contributed by atoms with Gasteiger partial charge in [0, 0.05) is 0 Å². The average molecular weight is 463 g/mol. The van der Waals surface area contributed by atoms with Crippen molar-refractivity contribution in [2.45, 2.75) is 65.2 Å². The summed E-state index contributed by atoms with van der Waals surface area (Å²) in [6.45, 7) is 0.879. The SMILES string of the molecule is CCCCCCP(OC(=O)CCCCC)(c1ccccc1)(c1ccccc1)c1ccccc1. The standard InChI is InChI=1S/C30H39O2P/c1-3-5-7-18-26-33(27-19-12-8-13-20-27,28-21-14-9-15-22-28,29-23-16-10-17-24-29)32-30(31)25-11-6-4-2/h8-10,12-17,19-24H,3-7,11,18,25-26H2,1-2H3. The molecule has 0 amide bonds. The van der Waals surface area contributed by atoms with E-state index in [2.05, 4.69) is 86.6 Å². The van der Waals surface area contributed by atoms with Crippen molar-refractivity contribution in [3.8, 4) is 0 Å². The van der Waals surface area contributed by atoms with Gasteiger partial charge in [-0.2, -0.15) is 0 Å². The fraction of sp³-hybridized carbons (Fsp3) is 0.367. The Morgan fingerprint density at radius 2 is 1.03 bits per heavy atom. The van der Waals surface area contributed by atoms with Gasteiger partial charge in [-0.05, 0) is 0 Å². The van der Waals surface area contributed by atoms with Gasteiger partial charge in [-0.1, -0.05) is 0 Å². The first kappa shape index (κ1) is 25.2. The van der Waals surface area contributed by atoms with Gasteiger partial charge in [0.2, 0.25) is 0 Å². The summed E-state index contributed by atoms with van der Waals surface area (Å²) in [5.74, 6) is -0.0758. The van der Waals surface area contributed by atoms with Crippen LogP contribution in [0.1, 0.15) is 65.2 Å². The second-order valence-electron chi connectivity index (χ2n) is 8.92. The van der Waals surface area contributed by atoms with Crippen molar-refractivity contribution in [2.75, 3.05) is 6.16 Å². The fourth-order valence-electron chi connectivity index (χ4n) is 4.90. The number of hydrogen-bond donors (Lipinski definition) is 0. The third kappa shape index (κ3) is 5.39. The third-order valence-corrected chi connectivity index (χ3v) is 12.6. The zero-order chi connectivity index (χ0) is 23.4. The van der Waals surface area contributed by atoms with Crippen LogP contribution in [-0.2, 0) is 9.32 Å².